The second kappa shape index (κ2) is 6.15. The van der Waals surface area contributed by atoms with E-state index in [0.29, 0.717) is 12.0 Å². The molecule has 1 saturated carbocycles. The summed E-state index contributed by atoms with van der Waals surface area (Å²) >= 11 is 5.64. The normalized spacial score (nSPS) is 34.0. The molecule has 5 atom stereocenters. The van der Waals surface area contributed by atoms with Crippen LogP contribution in [0.1, 0.15) is 24.0 Å². The molecule has 10 heteroatoms. The lowest BCUT2D eigenvalue weighted by Crippen LogP contribution is -2.44. The molecule has 3 fully saturated rings. The molecule has 1 aromatic heterocycles. The van der Waals surface area contributed by atoms with E-state index in [2.05, 4.69) is 10.3 Å². The van der Waals surface area contributed by atoms with Gasteiger partial charge in [-0.05, 0) is 42.3 Å². The number of benzene rings is 1. The summed E-state index contributed by atoms with van der Waals surface area (Å²) in [5, 5.41) is 12.4. The first-order valence-corrected chi connectivity index (χ1v) is 9.61. The summed E-state index contributed by atoms with van der Waals surface area (Å²) in [5.74, 6) is -1.26. The van der Waals surface area contributed by atoms with E-state index in [1.807, 2.05) is 0 Å². The van der Waals surface area contributed by atoms with Crippen molar-refractivity contribution >= 4 is 23.2 Å². The van der Waals surface area contributed by atoms with E-state index in [9.17, 15) is 27.5 Å². The van der Waals surface area contributed by atoms with Gasteiger partial charge in [0.1, 0.15) is 0 Å². The van der Waals surface area contributed by atoms with Gasteiger partial charge in [-0.2, -0.15) is 17.6 Å². The molecule has 5 nitrogen and oxygen atoms in total. The number of carbonyl (C=O) groups excluding carboxylic acids is 1. The van der Waals surface area contributed by atoms with E-state index in [0.717, 1.165) is 12.1 Å². The highest BCUT2D eigenvalue weighted by atomic mass is 35.5. The molecule has 3 aliphatic rings. The molecule has 0 radical (unpaired) electrons. The SMILES string of the molecule is O=C(Nc1ccc(Cl)c(C(F)(F)F)c1)[C@]12C[C@@]1(c1ccnc(F)c1)[C@H]1O[C@@H]2C[C@@H]1O. The summed E-state index contributed by atoms with van der Waals surface area (Å²) in [7, 11) is 0. The Bertz CT molecular complexity index is 1060. The third-order valence-corrected chi connectivity index (χ3v) is 6.89. The van der Waals surface area contributed by atoms with Gasteiger partial charge in [0.15, 0.2) is 0 Å². The number of aliphatic hydroxyl groups is 1. The van der Waals surface area contributed by atoms with Crippen molar-refractivity contribution in [2.24, 2.45) is 5.41 Å². The summed E-state index contributed by atoms with van der Waals surface area (Å²) in [5.41, 5.74) is -2.71. The lowest BCUT2D eigenvalue weighted by atomic mass is 9.74. The maximum Gasteiger partial charge on any atom is 0.417 e. The summed E-state index contributed by atoms with van der Waals surface area (Å²) in [6, 6.07) is 5.90. The highest BCUT2D eigenvalue weighted by molar-refractivity contribution is 6.31. The number of hydrogen-bond donors (Lipinski definition) is 2. The van der Waals surface area contributed by atoms with Crippen LogP contribution in [-0.4, -0.2) is 34.3 Å². The van der Waals surface area contributed by atoms with Crippen LogP contribution in [-0.2, 0) is 21.1 Å². The Morgan fingerprint density at radius 1 is 1.30 bits per heavy atom. The second-order valence-corrected chi connectivity index (χ2v) is 8.39. The standard InChI is InChI=1S/C20H15ClF4N2O3/c21-12-2-1-10(6-11(12)20(23,24)25)27-17(29)19-8-18(19,9-3-4-26-15(22)5-9)16-13(28)7-14(19)30-16/h1-6,13-14,16,28H,7-8H2,(H,27,29)/t13-,14+,16-,18+,19+/m0/s1. The van der Waals surface area contributed by atoms with E-state index < -0.39 is 57.8 Å². The minimum atomic E-state index is -4.67. The number of nitrogens with zero attached hydrogens (tertiary/aromatic N) is 1. The molecule has 1 aliphatic carbocycles. The number of halogens is 5. The highest BCUT2D eigenvalue weighted by Crippen LogP contribution is 2.77. The molecule has 2 aliphatic heterocycles. The topological polar surface area (TPSA) is 71.5 Å². The third-order valence-electron chi connectivity index (χ3n) is 6.56. The zero-order valence-corrected chi connectivity index (χ0v) is 16.0. The molecule has 5 rings (SSSR count). The van der Waals surface area contributed by atoms with Crippen LogP contribution in [0.3, 0.4) is 0 Å². The molecule has 2 N–H and O–H groups in total. The number of alkyl halides is 3. The number of fused-ring (bicyclic) bond motifs is 5. The smallest absolute Gasteiger partial charge is 0.390 e. The Labute approximate surface area is 173 Å². The average molecular weight is 443 g/mol. The van der Waals surface area contributed by atoms with E-state index in [-0.39, 0.29) is 12.1 Å². The maximum atomic E-state index is 13.8. The van der Waals surface area contributed by atoms with Crippen LogP contribution < -0.4 is 5.32 Å². The van der Waals surface area contributed by atoms with Crippen molar-refractivity contribution < 1.29 is 32.2 Å². The molecule has 0 unspecified atom stereocenters. The number of aliphatic hydroxyl groups excluding tert-OH is 1. The third kappa shape index (κ3) is 2.48. The highest BCUT2D eigenvalue weighted by Gasteiger charge is 2.87. The summed E-state index contributed by atoms with van der Waals surface area (Å²) in [6.07, 6.45) is -5.03. The Morgan fingerprint density at radius 2 is 2.07 bits per heavy atom. The van der Waals surface area contributed by atoms with E-state index in [1.165, 1.54) is 18.3 Å². The monoisotopic (exact) mass is 442 g/mol. The van der Waals surface area contributed by atoms with Crippen molar-refractivity contribution in [3.63, 3.8) is 0 Å². The van der Waals surface area contributed by atoms with E-state index in [1.54, 1.807) is 6.07 Å². The number of pyridine rings is 1. The Hall–Kier alpha value is -2.23. The van der Waals surface area contributed by atoms with Crippen LogP contribution in [0, 0.1) is 11.4 Å². The molecule has 158 valence electrons. The number of carbonyl (C=O) groups is 1. The van der Waals surface area contributed by atoms with Crippen LogP contribution in [0.5, 0.6) is 0 Å². The van der Waals surface area contributed by atoms with Gasteiger partial charge in [0.25, 0.3) is 0 Å². The van der Waals surface area contributed by atoms with Crippen molar-refractivity contribution in [1.82, 2.24) is 4.98 Å². The zero-order valence-electron chi connectivity index (χ0n) is 15.2. The quantitative estimate of drug-likeness (QED) is 0.562. The Balaban J connectivity index is 1.51. The minimum Gasteiger partial charge on any atom is -0.390 e. The van der Waals surface area contributed by atoms with E-state index >= 15 is 0 Å². The van der Waals surface area contributed by atoms with Crippen molar-refractivity contribution in [1.29, 1.82) is 0 Å². The Kier molecular flexibility index (Phi) is 4.04. The van der Waals surface area contributed by atoms with Gasteiger partial charge in [-0.15, -0.1) is 0 Å². The molecular formula is C20H15ClF4N2O3. The molecular weight excluding hydrogens is 428 g/mol. The Morgan fingerprint density at radius 3 is 2.77 bits per heavy atom. The van der Waals surface area contributed by atoms with Crippen LogP contribution in [0.25, 0.3) is 0 Å². The van der Waals surface area contributed by atoms with Crippen molar-refractivity contribution in [3.8, 4) is 0 Å². The number of rotatable bonds is 3. The predicted octanol–water partition coefficient (Wildman–Crippen LogP) is 3.69. The molecule has 3 heterocycles. The summed E-state index contributed by atoms with van der Waals surface area (Å²) in [6.45, 7) is 0. The molecule has 1 aromatic carbocycles. The van der Waals surface area contributed by atoms with Gasteiger partial charge in [0.05, 0.1) is 34.3 Å². The second-order valence-electron chi connectivity index (χ2n) is 7.98. The zero-order chi connectivity index (χ0) is 21.5. The van der Waals surface area contributed by atoms with Gasteiger partial charge in [-0.25, -0.2) is 4.98 Å². The number of ether oxygens (including phenoxy) is 1. The van der Waals surface area contributed by atoms with Crippen LogP contribution in [0.4, 0.5) is 23.2 Å². The van der Waals surface area contributed by atoms with Gasteiger partial charge in [-0.3, -0.25) is 4.79 Å². The number of aromatic nitrogens is 1. The lowest BCUT2D eigenvalue weighted by Gasteiger charge is -2.29. The fraction of sp³-hybridized carbons (Fsp3) is 0.400. The fourth-order valence-corrected chi connectivity index (χ4v) is 5.50. The molecule has 2 aromatic rings. The number of nitrogens with one attached hydrogen (secondary N) is 1. The molecule has 30 heavy (non-hydrogen) atoms. The van der Waals surface area contributed by atoms with Gasteiger partial charge in [0, 0.05) is 23.7 Å². The van der Waals surface area contributed by atoms with Crippen molar-refractivity contribution in [2.45, 2.75) is 42.7 Å². The minimum absolute atomic E-state index is 0.0591. The van der Waals surface area contributed by atoms with Crippen LogP contribution in [0.15, 0.2) is 36.5 Å². The first-order chi connectivity index (χ1) is 14.1. The lowest BCUT2D eigenvalue weighted by molar-refractivity contribution is -0.137. The fourth-order valence-electron chi connectivity index (χ4n) is 5.28. The van der Waals surface area contributed by atoms with Crippen LogP contribution in [0.2, 0.25) is 5.02 Å². The molecule has 1 amide bonds. The summed E-state index contributed by atoms with van der Waals surface area (Å²) < 4.78 is 59.1. The van der Waals surface area contributed by atoms with Crippen molar-refractivity contribution in [3.05, 3.63) is 58.6 Å². The van der Waals surface area contributed by atoms with Crippen LogP contribution >= 0.6 is 11.6 Å². The maximum absolute atomic E-state index is 13.8. The van der Waals surface area contributed by atoms with Gasteiger partial charge >= 0.3 is 6.18 Å². The van der Waals surface area contributed by atoms with Gasteiger partial charge in [-0.1, -0.05) is 11.6 Å². The molecule has 2 bridgehead atoms. The molecule has 2 saturated heterocycles. The number of hydrogen-bond acceptors (Lipinski definition) is 4. The van der Waals surface area contributed by atoms with Gasteiger partial charge < -0.3 is 15.2 Å². The predicted molar refractivity (Wildman–Crippen MR) is 97.3 cm³/mol. The first kappa shape index (κ1) is 19.7. The first-order valence-electron chi connectivity index (χ1n) is 9.23. The number of amides is 1. The largest absolute Gasteiger partial charge is 0.417 e. The molecule has 0 spiro atoms. The summed E-state index contributed by atoms with van der Waals surface area (Å²) in [4.78, 5) is 16.8. The van der Waals surface area contributed by atoms with Gasteiger partial charge in [0.2, 0.25) is 11.9 Å². The van der Waals surface area contributed by atoms with Crippen molar-refractivity contribution in [2.75, 3.05) is 5.32 Å². The number of anilines is 1. The van der Waals surface area contributed by atoms with E-state index in [4.69, 9.17) is 16.3 Å². The average Bonchev–Trinajstić information content (AvgIpc) is 3.16.